The molecule has 7 heteroatoms. The van der Waals surface area contributed by atoms with Gasteiger partial charge in [-0.15, -0.1) is 0 Å². The summed E-state index contributed by atoms with van der Waals surface area (Å²) < 4.78 is 39.1. The van der Waals surface area contributed by atoms with Gasteiger partial charge in [-0.05, 0) is 18.2 Å². The Morgan fingerprint density at radius 2 is 2.11 bits per heavy atom. The average Bonchev–Trinajstić information content (AvgIpc) is 2.71. The molecule has 0 bridgehead atoms. The fourth-order valence-corrected chi connectivity index (χ4v) is 3.04. The van der Waals surface area contributed by atoms with E-state index in [1.165, 1.54) is 6.07 Å². The standard InChI is InChI=1S/C12H14FN3O2S/c1-16-4-3-15-12(16)2-5-19(17,18)11-7-9(13)6-10(14)8-11/h3-4,6-8H,2,5,14H2,1H3. The first-order valence-corrected chi connectivity index (χ1v) is 7.29. The minimum Gasteiger partial charge on any atom is -0.399 e. The molecule has 0 radical (unpaired) electrons. The van der Waals surface area contributed by atoms with Crippen LogP contribution < -0.4 is 5.73 Å². The second kappa shape index (κ2) is 5.00. The molecule has 0 aliphatic heterocycles. The van der Waals surface area contributed by atoms with Crippen molar-refractivity contribution in [3.05, 3.63) is 42.2 Å². The SMILES string of the molecule is Cn1ccnc1CCS(=O)(=O)c1cc(N)cc(F)c1. The summed E-state index contributed by atoms with van der Waals surface area (Å²) in [6, 6.07) is 3.32. The summed E-state index contributed by atoms with van der Waals surface area (Å²) in [5, 5.41) is 0. The Bertz CT molecular complexity index is 675. The van der Waals surface area contributed by atoms with E-state index in [4.69, 9.17) is 5.73 Å². The van der Waals surface area contributed by atoms with Crippen LogP contribution in [0.25, 0.3) is 0 Å². The number of anilines is 1. The lowest BCUT2D eigenvalue weighted by molar-refractivity contribution is 0.589. The Kier molecular flexibility index (Phi) is 3.57. The van der Waals surface area contributed by atoms with E-state index in [2.05, 4.69) is 4.98 Å². The predicted molar refractivity (Wildman–Crippen MR) is 69.8 cm³/mol. The van der Waals surface area contributed by atoms with Gasteiger partial charge < -0.3 is 10.3 Å². The fourth-order valence-electron chi connectivity index (χ4n) is 1.74. The van der Waals surface area contributed by atoms with Gasteiger partial charge in [-0.25, -0.2) is 17.8 Å². The van der Waals surface area contributed by atoms with Gasteiger partial charge in [0.25, 0.3) is 0 Å². The van der Waals surface area contributed by atoms with Gasteiger partial charge in [-0.3, -0.25) is 0 Å². The van der Waals surface area contributed by atoms with Crippen LogP contribution in [0.15, 0.2) is 35.5 Å². The molecule has 2 aromatic rings. The molecule has 0 aliphatic carbocycles. The van der Waals surface area contributed by atoms with Gasteiger partial charge in [-0.1, -0.05) is 0 Å². The molecule has 102 valence electrons. The Morgan fingerprint density at radius 3 is 2.68 bits per heavy atom. The fraction of sp³-hybridized carbons (Fsp3) is 0.250. The maximum Gasteiger partial charge on any atom is 0.179 e. The number of aromatic nitrogens is 2. The molecule has 0 unspecified atom stereocenters. The maximum absolute atomic E-state index is 13.2. The van der Waals surface area contributed by atoms with E-state index in [1.54, 1.807) is 24.0 Å². The summed E-state index contributed by atoms with van der Waals surface area (Å²) in [4.78, 5) is 3.95. The van der Waals surface area contributed by atoms with Crippen LogP contribution in [0.4, 0.5) is 10.1 Å². The van der Waals surface area contributed by atoms with E-state index in [1.807, 2.05) is 0 Å². The number of hydrogen-bond donors (Lipinski definition) is 1. The van der Waals surface area contributed by atoms with Crippen molar-refractivity contribution < 1.29 is 12.8 Å². The first-order chi connectivity index (χ1) is 8.88. The van der Waals surface area contributed by atoms with Crippen molar-refractivity contribution in [3.63, 3.8) is 0 Å². The molecular weight excluding hydrogens is 269 g/mol. The second-order valence-electron chi connectivity index (χ2n) is 4.24. The largest absolute Gasteiger partial charge is 0.399 e. The Morgan fingerprint density at radius 1 is 1.37 bits per heavy atom. The van der Waals surface area contributed by atoms with Gasteiger partial charge in [0.1, 0.15) is 11.6 Å². The topological polar surface area (TPSA) is 78.0 Å². The van der Waals surface area contributed by atoms with Crippen LogP contribution in [0.2, 0.25) is 0 Å². The van der Waals surface area contributed by atoms with Gasteiger partial charge in [0.15, 0.2) is 9.84 Å². The molecule has 2 rings (SSSR count). The van der Waals surface area contributed by atoms with Gasteiger partial charge in [0.05, 0.1) is 10.6 Å². The molecular formula is C12H14FN3O2S. The summed E-state index contributed by atoms with van der Waals surface area (Å²) in [5.41, 5.74) is 5.54. The number of benzene rings is 1. The molecule has 0 saturated carbocycles. The third-order valence-corrected chi connectivity index (χ3v) is 4.46. The number of nitrogens with two attached hydrogens (primary N) is 1. The molecule has 2 N–H and O–H groups in total. The number of nitrogen functional groups attached to an aromatic ring is 1. The van der Waals surface area contributed by atoms with Crippen LogP contribution in [0.3, 0.4) is 0 Å². The highest BCUT2D eigenvalue weighted by Crippen LogP contribution is 2.18. The van der Waals surface area contributed by atoms with Crippen LogP contribution in [-0.2, 0) is 23.3 Å². The molecule has 0 saturated heterocycles. The van der Waals surface area contributed by atoms with Crippen molar-refractivity contribution >= 4 is 15.5 Å². The summed E-state index contributed by atoms with van der Waals surface area (Å²) in [6.07, 6.45) is 3.60. The number of aryl methyl sites for hydroxylation is 2. The summed E-state index contributed by atoms with van der Waals surface area (Å²) in [7, 11) is -1.78. The van der Waals surface area contributed by atoms with E-state index in [0.29, 0.717) is 5.82 Å². The molecule has 1 aromatic heterocycles. The molecule has 5 nitrogen and oxygen atoms in total. The summed E-state index contributed by atoms with van der Waals surface area (Å²) >= 11 is 0. The monoisotopic (exact) mass is 283 g/mol. The van der Waals surface area contributed by atoms with Crippen molar-refractivity contribution in [1.29, 1.82) is 0 Å². The van der Waals surface area contributed by atoms with Crippen molar-refractivity contribution in [3.8, 4) is 0 Å². The molecule has 0 fully saturated rings. The van der Waals surface area contributed by atoms with Crippen LogP contribution in [0.5, 0.6) is 0 Å². The molecule has 0 atom stereocenters. The first kappa shape index (κ1) is 13.5. The first-order valence-electron chi connectivity index (χ1n) is 5.63. The Balaban J connectivity index is 2.21. The van der Waals surface area contributed by atoms with Crippen molar-refractivity contribution in [1.82, 2.24) is 9.55 Å². The number of sulfone groups is 1. The van der Waals surface area contributed by atoms with Gasteiger partial charge in [0.2, 0.25) is 0 Å². The number of nitrogens with zero attached hydrogens (tertiary/aromatic N) is 2. The van der Waals surface area contributed by atoms with E-state index >= 15 is 0 Å². The second-order valence-corrected chi connectivity index (χ2v) is 6.35. The van der Waals surface area contributed by atoms with Gasteiger partial charge >= 0.3 is 0 Å². The van der Waals surface area contributed by atoms with Crippen molar-refractivity contribution in [2.45, 2.75) is 11.3 Å². The maximum atomic E-state index is 13.2. The number of hydrogen-bond acceptors (Lipinski definition) is 4. The lowest BCUT2D eigenvalue weighted by Gasteiger charge is -2.06. The molecule has 1 aromatic carbocycles. The van der Waals surface area contributed by atoms with E-state index in [-0.39, 0.29) is 22.8 Å². The lowest BCUT2D eigenvalue weighted by Crippen LogP contribution is -2.12. The molecule has 1 heterocycles. The quantitative estimate of drug-likeness (QED) is 0.854. The van der Waals surface area contributed by atoms with Gasteiger partial charge in [-0.2, -0.15) is 0 Å². The third-order valence-electron chi connectivity index (χ3n) is 2.77. The van der Waals surface area contributed by atoms with E-state index in [0.717, 1.165) is 12.1 Å². The van der Waals surface area contributed by atoms with Crippen molar-refractivity contribution in [2.75, 3.05) is 11.5 Å². The van der Waals surface area contributed by atoms with Crippen LogP contribution in [-0.4, -0.2) is 23.7 Å². The summed E-state index contributed by atoms with van der Waals surface area (Å²) in [5.74, 6) is -0.135. The van der Waals surface area contributed by atoms with Crippen LogP contribution >= 0.6 is 0 Å². The van der Waals surface area contributed by atoms with Crippen LogP contribution in [0, 0.1) is 5.82 Å². The highest BCUT2D eigenvalue weighted by molar-refractivity contribution is 7.91. The normalized spacial score (nSPS) is 11.7. The number of rotatable bonds is 4. The zero-order valence-corrected chi connectivity index (χ0v) is 11.2. The van der Waals surface area contributed by atoms with E-state index < -0.39 is 15.7 Å². The highest BCUT2D eigenvalue weighted by atomic mass is 32.2. The molecule has 0 spiro atoms. The molecule has 0 amide bonds. The smallest absolute Gasteiger partial charge is 0.179 e. The Hall–Kier alpha value is -1.89. The van der Waals surface area contributed by atoms with Gasteiger partial charge in [0, 0.05) is 31.5 Å². The van der Waals surface area contributed by atoms with Crippen molar-refractivity contribution in [2.24, 2.45) is 7.05 Å². The minimum absolute atomic E-state index is 0.0931. The average molecular weight is 283 g/mol. The molecule has 0 aliphatic rings. The summed E-state index contributed by atoms with van der Waals surface area (Å²) in [6.45, 7) is 0. The zero-order chi connectivity index (χ0) is 14.0. The zero-order valence-electron chi connectivity index (χ0n) is 10.4. The van der Waals surface area contributed by atoms with Crippen LogP contribution in [0.1, 0.15) is 5.82 Å². The Labute approximate surface area is 110 Å². The van der Waals surface area contributed by atoms with E-state index in [9.17, 15) is 12.8 Å². The predicted octanol–water partition coefficient (Wildman–Crippen LogP) is 1.16. The third kappa shape index (κ3) is 3.11. The highest BCUT2D eigenvalue weighted by Gasteiger charge is 2.17. The minimum atomic E-state index is -3.57. The molecule has 19 heavy (non-hydrogen) atoms. The number of imidazole rings is 1. The number of halogens is 1. The lowest BCUT2D eigenvalue weighted by atomic mass is 10.3.